The molecular weight excluding hydrogens is 202 g/mol. The molecule has 0 saturated heterocycles. The minimum Gasteiger partial charge on any atom is -0.370 e. The molecule has 0 bridgehead atoms. The summed E-state index contributed by atoms with van der Waals surface area (Å²) in [7, 11) is 0. The predicted molar refractivity (Wildman–Crippen MR) is 67.0 cm³/mol. The number of aryl methyl sites for hydroxylation is 2. The number of benzene rings is 1. The quantitative estimate of drug-likeness (QED) is 0.384. The van der Waals surface area contributed by atoms with Gasteiger partial charge in [0.15, 0.2) is 11.9 Å². The highest BCUT2D eigenvalue weighted by Crippen LogP contribution is 2.16. The molecule has 16 heavy (non-hydrogen) atoms. The molecule has 0 aliphatic heterocycles. The number of nitrogens with one attached hydrogen (secondary N) is 4. The zero-order chi connectivity index (χ0) is 12.1. The molecule has 5 heteroatoms. The number of hydrogen-bond donors (Lipinski definition) is 5. The molecule has 0 heterocycles. The van der Waals surface area contributed by atoms with E-state index in [1.54, 1.807) is 0 Å². The average molecular weight is 219 g/mol. The molecular formula is C11H17N5. The Hall–Kier alpha value is -2.04. The lowest BCUT2D eigenvalue weighted by Gasteiger charge is -2.12. The Kier molecular flexibility index (Phi) is 3.88. The highest BCUT2D eigenvalue weighted by molar-refractivity contribution is 6.02. The molecule has 5 nitrogen and oxygen atoms in total. The molecule has 1 aromatic carbocycles. The van der Waals surface area contributed by atoms with Gasteiger partial charge in [0.1, 0.15) is 0 Å². The van der Waals surface area contributed by atoms with Gasteiger partial charge in [-0.1, -0.05) is 19.1 Å². The highest BCUT2D eigenvalue weighted by atomic mass is 15.2. The van der Waals surface area contributed by atoms with Gasteiger partial charge < -0.3 is 11.1 Å². The molecule has 0 aliphatic carbocycles. The second kappa shape index (κ2) is 5.16. The monoisotopic (exact) mass is 219 g/mol. The smallest absolute Gasteiger partial charge is 0.199 e. The van der Waals surface area contributed by atoms with Crippen LogP contribution in [0.5, 0.6) is 0 Å². The fraction of sp³-hybridized carbons (Fsp3) is 0.273. The summed E-state index contributed by atoms with van der Waals surface area (Å²) in [6, 6.07) is 6.00. The zero-order valence-electron chi connectivity index (χ0n) is 9.52. The van der Waals surface area contributed by atoms with Crippen molar-refractivity contribution >= 4 is 17.6 Å². The van der Waals surface area contributed by atoms with E-state index in [1.165, 1.54) is 5.56 Å². The van der Waals surface area contributed by atoms with Gasteiger partial charge in [-0.2, -0.15) is 0 Å². The second-order valence-corrected chi connectivity index (χ2v) is 3.54. The van der Waals surface area contributed by atoms with E-state index < -0.39 is 0 Å². The number of rotatable bonds is 2. The minimum absolute atomic E-state index is 0.000140. The molecule has 0 spiro atoms. The third-order valence-electron chi connectivity index (χ3n) is 2.22. The van der Waals surface area contributed by atoms with E-state index in [0.717, 1.165) is 17.7 Å². The topological polar surface area (TPSA) is 97.8 Å². The SMILES string of the molecule is CCc1ccc(NC(=N)NC(=N)N)c(C)c1. The number of hydrogen-bond acceptors (Lipinski definition) is 2. The molecule has 86 valence electrons. The van der Waals surface area contributed by atoms with E-state index in [-0.39, 0.29) is 11.9 Å². The normalized spacial score (nSPS) is 9.62. The number of anilines is 1. The molecule has 0 fully saturated rings. The number of nitrogens with two attached hydrogens (primary N) is 1. The van der Waals surface area contributed by atoms with E-state index in [9.17, 15) is 0 Å². The van der Waals surface area contributed by atoms with Crippen LogP contribution >= 0.6 is 0 Å². The highest BCUT2D eigenvalue weighted by Gasteiger charge is 2.02. The van der Waals surface area contributed by atoms with E-state index in [4.69, 9.17) is 16.6 Å². The lowest BCUT2D eigenvalue weighted by molar-refractivity contribution is 1.13. The van der Waals surface area contributed by atoms with Crippen LogP contribution in [0.25, 0.3) is 0 Å². The average Bonchev–Trinajstić information content (AvgIpc) is 2.19. The molecule has 6 N–H and O–H groups in total. The van der Waals surface area contributed by atoms with E-state index in [0.29, 0.717) is 0 Å². The van der Waals surface area contributed by atoms with Crippen LogP contribution in [0.4, 0.5) is 5.69 Å². The van der Waals surface area contributed by atoms with Crippen LogP contribution in [0, 0.1) is 17.7 Å². The predicted octanol–water partition coefficient (Wildman–Crippen LogP) is 1.39. The summed E-state index contributed by atoms with van der Waals surface area (Å²) in [5.74, 6) is -0.250. The molecule has 0 amide bonds. The van der Waals surface area contributed by atoms with Crippen molar-refractivity contribution in [1.29, 1.82) is 10.8 Å². The maximum atomic E-state index is 7.51. The molecule has 0 aliphatic rings. The third kappa shape index (κ3) is 3.27. The van der Waals surface area contributed by atoms with Crippen LogP contribution in [0.15, 0.2) is 18.2 Å². The van der Waals surface area contributed by atoms with E-state index in [2.05, 4.69) is 23.6 Å². The van der Waals surface area contributed by atoms with Crippen LogP contribution in [-0.4, -0.2) is 11.9 Å². The molecule has 0 aromatic heterocycles. The maximum absolute atomic E-state index is 7.51. The van der Waals surface area contributed by atoms with Gasteiger partial charge in [0.05, 0.1) is 0 Å². The standard InChI is InChI=1S/C11H17N5/c1-3-8-4-5-9(7(2)6-8)15-11(14)16-10(12)13/h4-6H,3H2,1-2H3,(H6,12,13,14,15,16). The first-order chi connectivity index (χ1) is 7.52. The zero-order valence-corrected chi connectivity index (χ0v) is 9.52. The largest absolute Gasteiger partial charge is 0.370 e. The van der Waals surface area contributed by atoms with Crippen molar-refractivity contribution in [3.05, 3.63) is 29.3 Å². The molecule has 0 atom stereocenters. The van der Waals surface area contributed by atoms with Crippen molar-refractivity contribution in [1.82, 2.24) is 5.32 Å². The molecule has 0 unspecified atom stereocenters. The van der Waals surface area contributed by atoms with Gasteiger partial charge in [0.25, 0.3) is 0 Å². The van der Waals surface area contributed by atoms with Crippen LogP contribution in [0.2, 0.25) is 0 Å². The summed E-state index contributed by atoms with van der Waals surface area (Å²) < 4.78 is 0. The summed E-state index contributed by atoms with van der Waals surface area (Å²) in [5, 5.41) is 19.7. The Morgan fingerprint density at radius 1 is 1.38 bits per heavy atom. The summed E-state index contributed by atoms with van der Waals surface area (Å²) in [6.45, 7) is 4.07. The second-order valence-electron chi connectivity index (χ2n) is 3.54. The Balaban J connectivity index is 2.74. The minimum atomic E-state index is -0.250. The Morgan fingerprint density at radius 3 is 2.56 bits per heavy atom. The fourth-order valence-corrected chi connectivity index (χ4v) is 1.39. The molecule has 0 saturated carbocycles. The van der Waals surface area contributed by atoms with Crippen LogP contribution in [0.3, 0.4) is 0 Å². The summed E-state index contributed by atoms with van der Waals surface area (Å²) in [5.41, 5.74) is 8.29. The molecule has 1 aromatic rings. The first kappa shape index (κ1) is 12.0. The van der Waals surface area contributed by atoms with Gasteiger partial charge in [-0.05, 0) is 30.5 Å². The van der Waals surface area contributed by atoms with Gasteiger partial charge in [-0.25, -0.2) is 0 Å². The van der Waals surface area contributed by atoms with Gasteiger partial charge in [-0.3, -0.25) is 16.1 Å². The van der Waals surface area contributed by atoms with Crippen molar-refractivity contribution in [3.63, 3.8) is 0 Å². The van der Waals surface area contributed by atoms with Crippen molar-refractivity contribution in [3.8, 4) is 0 Å². The first-order valence-electron chi connectivity index (χ1n) is 5.09. The van der Waals surface area contributed by atoms with Crippen LogP contribution in [0.1, 0.15) is 18.1 Å². The van der Waals surface area contributed by atoms with Gasteiger partial charge in [0, 0.05) is 5.69 Å². The Labute approximate surface area is 95.1 Å². The van der Waals surface area contributed by atoms with Gasteiger partial charge in [0.2, 0.25) is 0 Å². The van der Waals surface area contributed by atoms with E-state index >= 15 is 0 Å². The van der Waals surface area contributed by atoms with Gasteiger partial charge in [-0.15, -0.1) is 0 Å². The molecule has 0 radical (unpaired) electrons. The fourth-order valence-electron chi connectivity index (χ4n) is 1.39. The Bertz CT molecular complexity index is 411. The lowest BCUT2D eigenvalue weighted by atomic mass is 10.1. The van der Waals surface area contributed by atoms with Crippen LogP contribution in [-0.2, 0) is 6.42 Å². The van der Waals surface area contributed by atoms with E-state index in [1.807, 2.05) is 19.1 Å². The third-order valence-corrected chi connectivity index (χ3v) is 2.22. The summed E-state index contributed by atoms with van der Waals surface area (Å²) >= 11 is 0. The Morgan fingerprint density at radius 2 is 2.06 bits per heavy atom. The van der Waals surface area contributed by atoms with Crippen molar-refractivity contribution < 1.29 is 0 Å². The summed E-state index contributed by atoms with van der Waals surface area (Å²) in [6.07, 6.45) is 0.990. The van der Waals surface area contributed by atoms with Crippen molar-refractivity contribution in [2.45, 2.75) is 20.3 Å². The van der Waals surface area contributed by atoms with Crippen molar-refractivity contribution in [2.24, 2.45) is 5.73 Å². The van der Waals surface area contributed by atoms with Gasteiger partial charge >= 0.3 is 0 Å². The lowest BCUT2D eigenvalue weighted by Crippen LogP contribution is -2.39. The molecule has 1 rings (SSSR count). The van der Waals surface area contributed by atoms with Crippen molar-refractivity contribution in [2.75, 3.05) is 5.32 Å². The number of guanidine groups is 2. The summed E-state index contributed by atoms with van der Waals surface area (Å²) in [4.78, 5) is 0. The first-order valence-corrected chi connectivity index (χ1v) is 5.09. The van der Waals surface area contributed by atoms with Crippen LogP contribution < -0.4 is 16.4 Å². The maximum Gasteiger partial charge on any atom is 0.199 e.